The Labute approximate surface area is 219 Å². The van der Waals surface area contributed by atoms with Crippen molar-refractivity contribution in [3.63, 3.8) is 0 Å². The van der Waals surface area contributed by atoms with Gasteiger partial charge in [-0.1, -0.05) is 25.1 Å². The van der Waals surface area contributed by atoms with Gasteiger partial charge in [-0.2, -0.15) is 4.89 Å². The Morgan fingerprint density at radius 2 is 1.68 bits per heavy atom. The summed E-state index contributed by atoms with van der Waals surface area (Å²) in [6, 6.07) is 16.4. The zero-order valence-corrected chi connectivity index (χ0v) is 21.0. The number of methoxy groups -OCH3 is 1. The maximum absolute atomic E-state index is 13.0. The standard InChI is InChI=1S/C29H28O9/c1-3-10-35-19-8-9-20-21(12-19)26(16-4-6-18(34-2)7-5-16)28(29(32)33)27(20)22-11-17-14-37-38-23(17)13-24(22)36-15-25(30)31/h4-9,11-13,26-28H,3,10,14-15H2,1-2H3,(H,30,31)(H,32,33). The van der Waals surface area contributed by atoms with Gasteiger partial charge in [0.25, 0.3) is 0 Å². The molecule has 9 nitrogen and oxygen atoms in total. The second-order valence-corrected chi connectivity index (χ2v) is 9.26. The molecule has 0 aromatic heterocycles. The number of ether oxygens (including phenoxy) is 3. The number of carboxylic acids is 2. The van der Waals surface area contributed by atoms with E-state index in [2.05, 4.69) is 0 Å². The van der Waals surface area contributed by atoms with E-state index in [9.17, 15) is 19.8 Å². The zero-order chi connectivity index (χ0) is 26.8. The molecule has 1 heterocycles. The molecule has 198 valence electrons. The molecule has 1 aliphatic carbocycles. The van der Waals surface area contributed by atoms with E-state index >= 15 is 0 Å². The van der Waals surface area contributed by atoms with Crippen molar-refractivity contribution in [2.24, 2.45) is 5.92 Å². The summed E-state index contributed by atoms with van der Waals surface area (Å²) in [5.74, 6) is -2.21. The molecule has 0 fully saturated rings. The fraction of sp³-hybridized carbons (Fsp3) is 0.310. The van der Waals surface area contributed by atoms with Crippen LogP contribution >= 0.6 is 0 Å². The first kappa shape index (κ1) is 25.4. The van der Waals surface area contributed by atoms with Gasteiger partial charge < -0.3 is 29.3 Å². The summed E-state index contributed by atoms with van der Waals surface area (Å²) >= 11 is 0. The minimum Gasteiger partial charge on any atom is -0.497 e. The molecule has 38 heavy (non-hydrogen) atoms. The van der Waals surface area contributed by atoms with Crippen LogP contribution in [-0.4, -0.2) is 42.5 Å². The lowest BCUT2D eigenvalue weighted by atomic mass is 9.79. The van der Waals surface area contributed by atoms with Gasteiger partial charge in [0.05, 0.1) is 19.6 Å². The van der Waals surface area contributed by atoms with Crippen LogP contribution in [-0.2, 0) is 21.1 Å². The molecule has 3 unspecified atom stereocenters. The lowest BCUT2D eigenvalue weighted by molar-refractivity contribution is -0.194. The molecule has 9 heteroatoms. The molecular formula is C29H28O9. The number of hydrogen-bond acceptors (Lipinski definition) is 7. The first-order valence-corrected chi connectivity index (χ1v) is 12.4. The first-order chi connectivity index (χ1) is 18.4. The Kier molecular flexibility index (Phi) is 7.11. The Bertz CT molecular complexity index is 1350. The summed E-state index contributed by atoms with van der Waals surface area (Å²) in [4.78, 5) is 34.6. The zero-order valence-electron chi connectivity index (χ0n) is 21.0. The highest BCUT2D eigenvalue weighted by atomic mass is 17.2. The summed E-state index contributed by atoms with van der Waals surface area (Å²) in [6.45, 7) is 2.15. The SMILES string of the molecule is CCCOc1ccc2c(c1)C(c1ccc(OC)cc1)C(C(=O)O)C2c1cc2c(cc1OCC(=O)O)OOC2. The Morgan fingerprint density at radius 1 is 0.921 bits per heavy atom. The van der Waals surface area contributed by atoms with E-state index in [0.29, 0.717) is 29.4 Å². The van der Waals surface area contributed by atoms with Gasteiger partial charge in [0.1, 0.15) is 23.9 Å². The number of fused-ring (bicyclic) bond motifs is 2. The van der Waals surface area contributed by atoms with Gasteiger partial charge in [0.15, 0.2) is 12.4 Å². The molecule has 0 saturated carbocycles. The van der Waals surface area contributed by atoms with Gasteiger partial charge in [-0.15, -0.1) is 0 Å². The van der Waals surface area contributed by atoms with Crippen LogP contribution in [0.15, 0.2) is 54.6 Å². The molecule has 2 aliphatic rings. The van der Waals surface area contributed by atoms with Crippen LogP contribution < -0.4 is 19.1 Å². The number of rotatable bonds is 10. The number of benzene rings is 3. The van der Waals surface area contributed by atoms with Crippen molar-refractivity contribution in [3.8, 4) is 23.0 Å². The first-order valence-electron chi connectivity index (χ1n) is 12.4. The van der Waals surface area contributed by atoms with Crippen LogP contribution in [0.4, 0.5) is 0 Å². The lowest BCUT2D eigenvalue weighted by Crippen LogP contribution is -2.24. The summed E-state index contributed by atoms with van der Waals surface area (Å²) in [5, 5.41) is 19.9. The minimum absolute atomic E-state index is 0.185. The smallest absolute Gasteiger partial charge is 0.341 e. The molecule has 3 aromatic rings. The van der Waals surface area contributed by atoms with Gasteiger partial charge in [0, 0.05) is 29.0 Å². The van der Waals surface area contributed by atoms with Crippen LogP contribution in [0.3, 0.4) is 0 Å². The molecule has 0 bridgehead atoms. The summed E-state index contributed by atoms with van der Waals surface area (Å²) in [6.07, 6.45) is 0.836. The van der Waals surface area contributed by atoms with Crippen molar-refractivity contribution < 1.29 is 43.8 Å². The second-order valence-electron chi connectivity index (χ2n) is 9.26. The fourth-order valence-electron chi connectivity index (χ4n) is 5.32. The van der Waals surface area contributed by atoms with Crippen LogP contribution in [0.1, 0.15) is 53.0 Å². The predicted octanol–water partition coefficient (Wildman–Crippen LogP) is 4.75. The normalized spacial score (nSPS) is 19.3. The lowest BCUT2D eigenvalue weighted by Gasteiger charge is -2.24. The molecule has 2 N–H and O–H groups in total. The number of hydrogen-bond donors (Lipinski definition) is 2. The van der Waals surface area contributed by atoms with E-state index in [1.54, 1.807) is 19.2 Å². The topological polar surface area (TPSA) is 121 Å². The highest BCUT2D eigenvalue weighted by Crippen LogP contribution is 2.56. The molecule has 0 amide bonds. The highest BCUT2D eigenvalue weighted by molar-refractivity contribution is 5.79. The molecule has 5 rings (SSSR count). The van der Waals surface area contributed by atoms with Crippen molar-refractivity contribution >= 4 is 11.9 Å². The Balaban J connectivity index is 1.69. The average molecular weight is 521 g/mol. The molecule has 3 aromatic carbocycles. The average Bonchev–Trinajstić information content (AvgIpc) is 3.51. The van der Waals surface area contributed by atoms with E-state index in [1.165, 1.54) is 0 Å². The largest absolute Gasteiger partial charge is 0.497 e. The third-order valence-electron chi connectivity index (χ3n) is 6.92. The van der Waals surface area contributed by atoms with Crippen molar-refractivity contribution in [1.82, 2.24) is 0 Å². The highest BCUT2D eigenvalue weighted by Gasteiger charge is 2.48. The minimum atomic E-state index is -1.15. The van der Waals surface area contributed by atoms with Gasteiger partial charge in [0.2, 0.25) is 0 Å². The van der Waals surface area contributed by atoms with Crippen LogP contribution in [0.2, 0.25) is 0 Å². The van der Waals surface area contributed by atoms with E-state index in [-0.39, 0.29) is 12.4 Å². The number of aliphatic carboxylic acids is 2. The summed E-state index contributed by atoms with van der Waals surface area (Å²) in [7, 11) is 1.58. The molecule has 0 saturated heterocycles. The van der Waals surface area contributed by atoms with Gasteiger partial charge >= 0.3 is 11.9 Å². The molecule has 0 radical (unpaired) electrons. The van der Waals surface area contributed by atoms with Crippen LogP contribution in [0, 0.1) is 5.92 Å². The van der Waals surface area contributed by atoms with E-state index in [4.69, 9.17) is 24.0 Å². The third kappa shape index (κ3) is 4.72. The molecule has 1 aliphatic heterocycles. The number of carboxylic acid groups (broad SMARTS) is 2. The third-order valence-corrected chi connectivity index (χ3v) is 6.92. The van der Waals surface area contributed by atoms with Crippen molar-refractivity contribution in [1.29, 1.82) is 0 Å². The fourth-order valence-corrected chi connectivity index (χ4v) is 5.32. The quantitative estimate of drug-likeness (QED) is 0.365. The van der Waals surface area contributed by atoms with Gasteiger partial charge in [-0.3, -0.25) is 4.79 Å². The van der Waals surface area contributed by atoms with Crippen molar-refractivity contribution in [3.05, 3.63) is 82.4 Å². The van der Waals surface area contributed by atoms with E-state index in [1.807, 2.05) is 49.4 Å². The van der Waals surface area contributed by atoms with Crippen molar-refractivity contribution in [2.45, 2.75) is 31.8 Å². The van der Waals surface area contributed by atoms with Gasteiger partial charge in [-0.05, 0) is 53.4 Å². The summed E-state index contributed by atoms with van der Waals surface area (Å²) in [5.41, 5.74) is 3.74. The maximum Gasteiger partial charge on any atom is 0.341 e. The van der Waals surface area contributed by atoms with E-state index in [0.717, 1.165) is 28.7 Å². The monoisotopic (exact) mass is 520 g/mol. The predicted molar refractivity (Wildman–Crippen MR) is 135 cm³/mol. The Hall–Kier alpha value is -4.24. The summed E-state index contributed by atoms with van der Waals surface area (Å²) < 4.78 is 16.9. The maximum atomic E-state index is 13.0. The number of carbonyl (C=O) groups is 2. The van der Waals surface area contributed by atoms with Crippen LogP contribution in [0.5, 0.6) is 23.0 Å². The molecule has 3 atom stereocenters. The Morgan fingerprint density at radius 3 is 2.37 bits per heavy atom. The molecular weight excluding hydrogens is 492 g/mol. The van der Waals surface area contributed by atoms with Gasteiger partial charge in [-0.25, -0.2) is 4.79 Å². The van der Waals surface area contributed by atoms with Crippen LogP contribution in [0.25, 0.3) is 0 Å². The van der Waals surface area contributed by atoms with Crippen molar-refractivity contribution in [2.75, 3.05) is 20.3 Å². The second kappa shape index (κ2) is 10.6. The van der Waals surface area contributed by atoms with E-state index < -0.39 is 36.3 Å². The molecule has 0 spiro atoms.